The highest BCUT2D eigenvalue weighted by Gasteiger charge is 2.53. The molecule has 2 aliphatic rings. The monoisotopic (exact) mass is 223 g/mol. The van der Waals surface area contributed by atoms with Crippen LogP contribution >= 0.6 is 11.3 Å². The number of nitrogens with zero attached hydrogens (tertiary/aromatic N) is 1. The molecule has 1 aromatic heterocycles. The molecule has 2 fully saturated rings. The molecular formula is C12H17NOS. The summed E-state index contributed by atoms with van der Waals surface area (Å²) in [5.41, 5.74) is 1.85. The summed E-state index contributed by atoms with van der Waals surface area (Å²) in [7, 11) is 0. The molecule has 3 rings (SSSR count). The molecule has 3 atom stereocenters. The van der Waals surface area contributed by atoms with Gasteiger partial charge >= 0.3 is 0 Å². The highest BCUT2D eigenvalue weighted by molar-refractivity contribution is 7.09. The lowest BCUT2D eigenvalue weighted by Crippen LogP contribution is -2.14. The van der Waals surface area contributed by atoms with Crippen molar-refractivity contribution in [3.8, 4) is 0 Å². The van der Waals surface area contributed by atoms with Crippen molar-refractivity contribution < 1.29 is 5.11 Å². The van der Waals surface area contributed by atoms with Crippen LogP contribution in [0.1, 0.15) is 30.6 Å². The molecule has 0 aliphatic heterocycles. The molecule has 82 valence electrons. The van der Waals surface area contributed by atoms with Crippen LogP contribution in [-0.2, 0) is 6.42 Å². The van der Waals surface area contributed by atoms with Gasteiger partial charge in [0.1, 0.15) is 0 Å². The number of aliphatic hydroxyl groups is 1. The molecule has 0 radical (unpaired) electrons. The topological polar surface area (TPSA) is 33.1 Å². The van der Waals surface area contributed by atoms with Crippen molar-refractivity contribution in [3.05, 3.63) is 16.6 Å². The highest BCUT2D eigenvalue weighted by atomic mass is 32.1. The second kappa shape index (κ2) is 3.87. The first kappa shape index (κ1) is 9.79. The van der Waals surface area contributed by atoms with E-state index < -0.39 is 0 Å². The van der Waals surface area contributed by atoms with Gasteiger partial charge in [0.15, 0.2) is 0 Å². The van der Waals surface area contributed by atoms with Crippen LogP contribution in [0.5, 0.6) is 0 Å². The number of hydrogen-bond acceptors (Lipinski definition) is 3. The molecule has 15 heavy (non-hydrogen) atoms. The maximum absolute atomic E-state index is 10.2. The molecule has 2 saturated carbocycles. The van der Waals surface area contributed by atoms with Gasteiger partial charge in [0.2, 0.25) is 0 Å². The summed E-state index contributed by atoms with van der Waals surface area (Å²) >= 11 is 1.66. The van der Waals surface area contributed by atoms with Gasteiger partial charge in [-0.3, -0.25) is 4.98 Å². The van der Waals surface area contributed by atoms with E-state index in [4.69, 9.17) is 0 Å². The average Bonchev–Trinajstić information content (AvgIpc) is 2.77. The fraction of sp³-hybridized carbons (Fsp3) is 0.750. The lowest BCUT2D eigenvalue weighted by molar-refractivity contribution is 0.141. The predicted molar refractivity (Wildman–Crippen MR) is 60.8 cm³/mol. The van der Waals surface area contributed by atoms with Gasteiger partial charge in [0.25, 0.3) is 0 Å². The number of fused-ring (bicyclic) bond motifs is 1. The predicted octanol–water partition coefficient (Wildman–Crippen LogP) is 2.48. The second-order valence-electron chi connectivity index (χ2n) is 4.93. The van der Waals surface area contributed by atoms with Crippen LogP contribution in [-0.4, -0.2) is 16.2 Å². The smallest absolute Gasteiger partial charge is 0.0794 e. The molecular weight excluding hydrogens is 206 g/mol. The van der Waals surface area contributed by atoms with E-state index in [0.29, 0.717) is 5.92 Å². The Bertz CT molecular complexity index is 312. The third-order valence-corrected chi connectivity index (χ3v) is 4.86. The number of aromatic nitrogens is 1. The van der Waals surface area contributed by atoms with E-state index in [2.05, 4.69) is 4.98 Å². The molecule has 1 heterocycles. The van der Waals surface area contributed by atoms with E-state index in [1.54, 1.807) is 11.3 Å². The van der Waals surface area contributed by atoms with Crippen molar-refractivity contribution in [1.29, 1.82) is 0 Å². The van der Waals surface area contributed by atoms with Crippen molar-refractivity contribution >= 4 is 11.3 Å². The van der Waals surface area contributed by atoms with Crippen molar-refractivity contribution in [1.82, 2.24) is 4.98 Å². The van der Waals surface area contributed by atoms with Gasteiger partial charge in [-0.1, -0.05) is 12.8 Å². The first-order chi connectivity index (χ1) is 7.36. The van der Waals surface area contributed by atoms with Gasteiger partial charge in [-0.15, -0.1) is 11.3 Å². The van der Waals surface area contributed by atoms with Crippen molar-refractivity contribution in [3.63, 3.8) is 0 Å². The number of aliphatic hydroxyl groups excluding tert-OH is 1. The van der Waals surface area contributed by atoms with E-state index in [1.807, 2.05) is 11.7 Å². The first-order valence-electron chi connectivity index (χ1n) is 5.91. The summed E-state index contributed by atoms with van der Waals surface area (Å²) in [6.07, 6.45) is 8.07. The Kier molecular flexibility index (Phi) is 2.53. The van der Waals surface area contributed by atoms with Crippen LogP contribution in [0.3, 0.4) is 0 Å². The summed E-state index contributed by atoms with van der Waals surface area (Å²) in [6, 6.07) is 0. The van der Waals surface area contributed by atoms with Crippen molar-refractivity contribution in [2.24, 2.45) is 17.8 Å². The Morgan fingerprint density at radius 2 is 2.13 bits per heavy atom. The number of rotatable bonds is 3. The van der Waals surface area contributed by atoms with Gasteiger partial charge < -0.3 is 5.11 Å². The lowest BCUT2D eigenvalue weighted by atomic mass is 10.0. The molecule has 3 unspecified atom stereocenters. The Balaban J connectivity index is 1.59. The minimum Gasteiger partial charge on any atom is -0.392 e. The van der Waals surface area contributed by atoms with Crippen molar-refractivity contribution in [2.45, 2.75) is 38.2 Å². The SMILES string of the molecule is OC(Cc1cncs1)C1C2CCCCC21. The molecule has 0 bridgehead atoms. The maximum atomic E-state index is 10.2. The summed E-state index contributed by atoms with van der Waals surface area (Å²) in [4.78, 5) is 5.28. The molecule has 0 spiro atoms. The molecule has 2 nitrogen and oxygen atoms in total. The van der Waals surface area contributed by atoms with Gasteiger partial charge in [0, 0.05) is 17.5 Å². The fourth-order valence-electron chi connectivity index (χ4n) is 3.30. The van der Waals surface area contributed by atoms with Gasteiger partial charge in [-0.05, 0) is 30.6 Å². The van der Waals surface area contributed by atoms with E-state index in [9.17, 15) is 5.11 Å². The molecule has 3 heteroatoms. The number of hydrogen-bond donors (Lipinski definition) is 1. The first-order valence-corrected chi connectivity index (χ1v) is 6.79. The molecule has 0 amide bonds. The zero-order chi connectivity index (χ0) is 10.3. The van der Waals surface area contributed by atoms with Crippen LogP contribution in [0.15, 0.2) is 11.7 Å². The molecule has 0 saturated heterocycles. The quantitative estimate of drug-likeness (QED) is 0.854. The van der Waals surface area contributed by atoms with Gasteiger partial charge in [0.05, 0.1) is 11.6 Å². The minimum absolute atomic E-state index is 0.112. The Hall–Kier alpha value is -0.410. The van der Waals surface area contributed by atoms with Crippen LogP contribution in [0.4, 0.5) is 0 Å². The van der Waals surface area contributed by atoms with E-state index in [0.717, 1.165) is 18.3 Å². The van der Waals surface area contributed by atoms with E-state index in [1.165, 1.54) is 30.6 Å². The zero-order valence-corrected chi connectivity index (χ0v) is 9.62. The third-order valence-electron chi connectivity index (χ3n) is 4.06. The summed E-state index contributed by atoms with van der Waals surface area (Å²) in [5, 5.41) is 10.2. The lowest BCUT2D eigenvalue weighted by Gasteiger charge is -2.07. The van der Waals surface area contributed by atoms with E-state index >= 15 is 0 Å². The molecule has 1 N–H and O–H groups in total. The van der Waals surface area contributed by atoms with Crippen LogP contribution in [0.2, 0.25) is 0 Å². The molecule has 2 aliphatic carbocycles. The molecule has 1 aromatic rings. The maximum Gasteiger partial charge on any atom is 0.0794 e. The third kappa shape index (κ3) is 1.83. The Morgan fingerprint density at radius 3 is 2.73 bits per heavy atom. The van der Waals surface area contributed by atoms with Crippen LogP contribution < -0.4 is 0 Å². The van der Waals surface area contributed by atoms with Gasteiger partial charge in [-0.2, -0.15) is 0 Å². The Labute approximate surface area is 94.4 Å². The summed E-state index contributed by atoms with van der Waals surface area (Å²) in [6.45, 7) is 0. The minimum atomic E-state index is -0.112. The number of thiazole rings is 1. The van der Waals surface area contributed by atoms with Crippen molar-refractivity contribution in [2.75, 3.05) is 0 Å². The van der Waals surface area contributed by atoms with Gasteiger partial charge in [-0.25, -0.2) is 0 Å². The highest BCUT2D eigenvalue weighted by Crippen LogP contribution is 2.57. The zero-order valence-electron chi connectivity index (χ0n) is 8.80. The largest absolute Gasteiger partial charge is 0.392 e. The fourth-order valence-corrected chi connectivity index (χ4v) is 3.95. The van der Waals surface area contributed by atoms with E-state index in [-0.39, 0.29) is 6.10 Å². The Morgan fingerprint density at radius 1 is 1.40 bits per heavy atom. The van der Waals surface area contributed by atoms with Crippen LogP contribution in [0.25, 0.3) is 0 Å². The average molecular weight is 223 g/mol. The molecule has 0 aromatic carbocycles. The summed E-state index contributed by atoms with van der Waals surface area (Å²) < 4.78 is 0. The second-order valence-corrected chi connectivity index (χ2v) is 5.90. The normalized spacial score (nSPS) is 35.9. The summed E-state index contributed by atoms with van der Waals surface area (Å²) in [5.74, 6) is 2.30. The standard InChI is InChI=1S/C12H17NOS/c14-11(5-8-6-13-7-15-8)12-9-3-1-2-4-10(9)12/h6-7,9-12,14H,1-5H2. The van der Waals surface area contributed by atoms with Crippen LogP contribution in [0, 0.1) is 17.8 Å².